The van der Waals surface area contributed by atoms with Crippen molar-refractivity contribution in [3.63, 3.8) is 0 Å². The molecule has 0 aliphatic heterocycles. The molecule has 0 atom stereocenters. The summed E-state index contributed by atoms with van der Waals surface area (Å²) in [5, 5.41) is 0. The second kappa shape index (κ2) is 8.40. The third-order valence-electron chi connectivity index (χ3n) is 2.76. The van der Waals surface area contributed by atoms with E-state index in [-0.39, 0.29) is 12.5 Å². The van der Waals surface area contributed by atoms with Crippen LogP contribution in [0.5, 0.6) is 11.5 Å². The van der Waals surface area contributed by atoms with Crippen molar-refractivity contribution in [2.24, 2.45) is 0 Å². The third-order valence-corrected chi connectivity index (χ3v) is 2.76. The van der Waals surface area contributed by atoms with E-state index < -0.39 is 0 Å². The molecule has 1 aromatic rings. The van der Waals surface area contributed by atoms with Gasteiger partial charge in [0.1, 0.15) is 11.5 Å². The number of carbonyl (C=O) groups is 1. The predicted octanol–water partition coefficient (Wildman–Crippen LogP) is 2.72. The molecule has 4 heteroatoms. The average molecular weight is 265 g/mol. The first-order chi connectivity index (χ1) is 9.21. The van der Waals surface area contributed by atoms with Gasteiger partial charge in [0.15, 0.2) is 6.61 Å². The predicted molar refractivity (Wildman–Crippen MR) is 75.7 cm³/mol. The van der Waals surface area contributed by atoms with E-state index in [1.807, 2.05) is 17.0 Å². The minimum absolute atomic E-state index is 0.0412. The summed E-state index contributed by atoms with van der Waals surface area (Å²) in [6.45, 7) is 5.81. The first-order valence-corrected chi connectivity index (χ1v) is 6.75. The molecule has 0 saturated carbocycles. The number of carbonyl (C=O) groups excluding carboxylic acids is 1. The highest BCUT2D eigenvalue weighted by Crippen LogP contribution is 2.16. The lowest BCUT2D eigenvalue weighted by Gasteiger charge is -2.21. The summed E-state index contributed by atoms with van der Waals surface area (Å²) in [4.78, 5) is 13.8. The van der Waals surface area contributed by atoms with Crippen molar-refractivity contribution < 1.29 is 14.3 Å². The zero-order valence-electron chi connectivity index (χ0n) is 12.0. The van der Waals surface area contributed by atoms with Crippen molar-refractivity contribution in [2.45, 2.75) is 26.7 Å². The van der Waals surface area contributed by atoms with Gasteiger partial charge in [-0.25, -0.2) is 0 Å². The molecular formula is C15H23NO3. The van der Waals surface area contributed by atoms with Crippen LogP contribution in [-0.4, -0.2) is 37.6 Å². The molecule has 0 saturated heterocycles. The van der Waals surface area contributed by atoms with Crippen LogP contribution in [0.25, 0.3) is 0 Å². The van der Waals surface area contributed by atoms with Crippen LogP contribution >= 0.6 is 0 Å². The number of rotatable bonds is 8. The Bertz CT molecular complexity index is 369. The van der Waals surface area contributed by atoms with Gasteiger partial charge in [-0.05, 0) is 37.1 Å². The maximum absolute atomic E-state index is 12.0. The van der Waals surface area contributed by atoms with Crippen LogP contribution in [0.1, 0.15) is 26.7 Å². The maximum atomic E-state index is 12.0. The average Bonchev–Trinajstić information content (AvgIpc) is 2.45. The lowest BCUT2D eigenvalue weighted by molar-refractivity contribution is -0.133. The van der Waals surface area contributed by atoms with E-state index in [1.165, 1.54) is 0 Å². The first-order valence-electron chi connectivity index (χ1n) is 6.75. The van der Waals surface area contributed by atoms with E-state index in [4.69, 9.17) is 9.47 Å². The van der Waals surface area contributed by atoms with Gasteiger partial charge in [-0.15, -0.1) is 0 Å². The van der Waals surface area contributed by atoms with Gasteiger partial charge in [0.25, 0.3) is 5.91 Å². The molecule has 4 nitrogen and oxygen atoms in total. The topological polar surface area (TPSA) is 38.8 Å². The number of hydrogen-bond donors (Lipinski definition) is 0. The Morgan fingerprint density at radius 1 is 1.05 bits per heavy atom. The monoisotopic (exact) mass is 265 g/mol. The molecule has 0 aromatic heterocycles. The SMILES string of the molecule is CCCN(CCC)C(=O)COc1ccc(OC)cc1. The van der Waals surface area contributed by atoms with Crippen molar-refractivity contribution in [3.8, 4) is 11.5 Å². The highest BCUT2D eigenvalue weighted by molar-refractivity contribution is 5.77. The summed E-state index contributed by atoms with van der Waals surface area (Å²) < 4.78 is 10.6. The van der Waals surface area contributed by atoms with Crippen LogP contribution in [0.15, 0.2) is 24.3 Å². The van der Waals surface area contributed by atoms with Crippen molar-refractivity contribution >= 4 is 5.91 Å². The molecule has 0 N–H and O–H groups in total. The van der Waals surface area contributed by atoms with Crippen LogP contribution in [0.3, 0.4) is 0 Å². The van der Waals surface area contributed by atoms with Crippen LogP contribution < -0.4 is 9.47 Å². The van der Waals surface area contributed by atoms with Gasteiger partial charge in [0.2, 0.25) is 0 Å². The van der Waals surface area contributed by atoms with E-state index >= 15 is 0 Å². The van der Waals surface area contributed by atoms with E-state index in [9.17, 15) is 4.79 Å². The van der Waals surface area contributed by atoms with Gasteiger partial charge in [-0.1, -0.05) is 13.8 Å². The molecule has 0 unspecified atom stereocenters. The van der Waals surface area contributed by atoms with Gasteiger partial charge in [0.05, 0.1) is 7.11 Å². The zero-order valence-corrected chi connectivity index (χ0v) is 12.0. The molecule has 106 valence electrons. The minimum Gasteiger partial charge on any atom is -0.497 e. The Morgan fingerprint density at radius 2 is 1.58 bits per heavy atom. The lowest BCUT2D eigenvalue weighted by Crippen LogP contribution is -2.36. The molecule has 1 amide bonds. The number of amides is 1. The molecule has 1 rings (SSSR count). The number of benzene rings is 1. The summed E-state index contributed by atoms with van der Waals surface area (Å²) in [7, 11) is 1.62. The molecule has 0 radical (unpaired) electrons. The lowest BCUT2D eigenvalue weighted by atomic mass is 10.3. The Balaban J connectivity index is 2.46. The van der Waals surface area contributed by atoms with E-state index in [1.54, 1.807) is 19.2 Å². The van der Waals surface area contributed by atoms with Crippen molar-refractivity contribution in [1.29, 1.82) is 0 Å². The summed E-state index contributed by atoms with van der Waals surface area (Å²) in [6, 6.07) is 7.23. The fourth-order valence-electron chi connectivity index (χ4n) is 1.81. The molecule has 1 aromatic carbocycles. The van der Waals surface area contributed by atoms with E-state index in [0.717, 1.165) is 31.7 Å². The van der Waals surface area contributed by atoms with E-state index in [0.29, 0.717) is 5.75 Å². The van der Waals surface area contributed by atoms with Crippen molar-refractivity contribution in [3.05, 3.63) is 24.3 Å². The standard InChI is InChI=1S/C15H23NO3/c1-4-10-16(11-5-2)15(17)12-19-14-8-6-13(18-3)7-9-14/h6-9H,4-5,10-12H2,1-3H3. The Morgan fingerprint density at radius 3 is 2.05 bits per heavy atom. The number of nitrogens with zero attached hydrogens (tertiary/aromatic N) is 1. The highest BCUT2D eigenvalue weighted by Gasteiger charge is 2.12. The molecule has 0 aliphatic carbocycles. The Labute approximate surface area is 115 Å². The first kappa shape index (κ1) is 15.3. The smallest absolute Gasteiger partial charge is 0.260 e. The molecule has 0 fully saturated rings. The Hall–Kier alpha value is -1.71. The quantitative estimate of drug-likeness (QED) is 0.725. The van der Waals surface area contributed by atoms with Crippen LogP contribution in [0.4, 0.5) is 0 Å². The van der Waals surface area contributed by atoms with E-state index in [2.05, 4.69) is 13.8 Å². The maximum Gasteiger partial charge on any atom is 0.260 e. The molecule has 0 aliphatic rings. The highest BCUT2D eigenvalue weighted by atomic mass is 16.5. The fourth-order valence-corrected chi connectivity index (χ4v) is 1.81. The van der Waals surface area contributed by atoms with Crippen LogP contribution in [-0.2, 0) is 4.79 Å². The molecule has 19 heavy (non-hydrogen) atoms. The van der Waals surface area contributed by atoms with Gasteiger partial charge in [-0.2, -0.15) is 0 Å². The Kier molecular flexibility index (Phi) is 6.79. The molecular weight excluding hydrogens is 242 g/mol. The fraction of sp³-hybridized carbons (Fsp3) is 0.533. The molecule has 0 bridgehead atoms. The molecule has 0 heterocycles. The molecule has 0 spiro atoms. The number of methoxy groups -OCH3 is 1. The van der Waals surface area contributed by atoms with Gasteiger partial charge in [0, 0.05) is 13.1 Å². The number of ether oxygens (including phenoxy) is 2. The second-order valence-corrected chi connectivity index (χ2v) is 4.34. The van der Waals surface area contributed by atoms with Crippen molar-refractivity contribution in [2.75, 3.05) is 26.8 Å². The minimum atomic E-state index is 0.0412. The summed E-state index contributed by atoms with van der Waals surface area (Å²) in [5.74, 6) is 1.50. The van der Waals surface area contributed by atoms with Crippen LogP contribution in [0.2, 0.25) is 0 Å². The van der Waals surface area contributed by atoms with Gasteiger partial charge >= 0.3 is 0 Å². The zero-order chi connectivity index (χ0) is 14.1. The van der Waals surface area contributed by atoms with Crippen LogP contribution in [0, 0.1) is 0 Å². The third kappa shape index (κ3) is 5.20. The normalized spacial score (nSPS) is 10.1. The largest absolute Gasteiger partial charge is 0.497 e. The summed E-state index contributed by atoms with van der Waals surface area (Å²) >= 11 is 0. The summed E-state index contributed by atoms with van der Waals surface area (Å²) in [5.41, 5.74) is 0. The van der Waals surface area contributed by atoms with Gasteiger partial charge in [-0.3, -0.25) is 4.79 Å². The number of hydrogen-bond acceptors (Lipinski definition) is 3. The summed E-state index contributed by atoms with van der Waals surface area (Å²) in [6.07, 6.45) is 1.93. The second-order valence-electron chi connectivity index (χ2n) is 4.34. The van der Waals surface area contributed by atoms with Crippen molar-refractivity contribution in [1.82, 2.24) is 4.90 Å². The van der Waals surface area contributed by atoms with Gasteiger partial charge < -0.3 is 14.4 Å².